The first-order valence-electron chi connectivity index (χ1n) is 5.55. The second kappa shape index (κ2) is 4.10. The van der Waals surface area contributed by atoms with Crippen LogP contribution in [-0.4, -0.2) is 9.38 Å². The Kier molecular flexibility index (Phi) is 2.56. The summed E-state index contributed by atoms with van der Waals surface area (Å²) < 4.78 is 15.1. The Balaban J connectivity index is 2.19. The van der Waals surface area contributed by atoms with E-state index in [2.05, 4.69) is 4.98 Å². The van der Waals surface area contributed by atoms with Crippen LogP contribution in [0.2, 0.25) is 5.02 Å². The molecule has 0 unspecified atom stereocenters. The van der Waals surface area contributed by atoms with Gasteiger partial charge in [0.1, 0.15) is 11.5 Å². The number of fused-ring (bicyclic) bond motifs is 1. The third-order valence-electron chi connectivity index (χ3n) is 2.89. The van der Waals surface area contributed by atoms with Gasteiger partial charge in [0.05, 0.1) is 10.7 Å². The maximum absolute atomic E-state index is 13.1. The van der Waals surface area contributed by atoms with Gasteiger partial charge < -0.3 is 4.40 Å². The van der Waals surface area contributed by atoms with Crippen LogP contribution in [0, 0.1) is 12.7 Å². The normalized spacial score (nSPS) is 11.1. The number of aryl methyl sites for hydroxylation is 1. The van der Waals surface area contributed by atoms with Gasteiger partial charge in [0.2, 0.25) is 0 Å². The monoisotopic (exact) mass is 260 g/mol. The van der Waals surface area contributed by atoms with Crippen molar-refractivity contribution in [2.75, 3.05) is 0 Å². The first-order chi connectivity index (χ1) is 8.65. The molecule has 0 aliphatic rings. The second-order valence-electron chi connectivity index (χ2n) is 4.18. The maximum Gasteiger partial charge on any atom is 0.141 e. The molecule has 0 spiro atoms. The highest BCUT2D eigenvalue weighted by Gasteiger charge is 2.08. The third kappa shape index (κ3) is 1.77. The molecule has 0 aliphatic carbocycles. The Bertz CT molecular complexity index is 734. The van der Waals surface area contributed by atoms with Crippen LogP contribution >= 0.6 is 11.6 Å². The van der Waals surface area contributed by atoms with Gasteiger partial charge in [-0.2, -0.15) is 0 Å². The molecular weight excluding hydrogens is 251 g/mol. The number of halogens is 2. The van der Waals surface area contributed by atoms with Crippen molar-refractivity contribution in [2.45, 2.75) is 6.92 Å². The highest BCUT2D eigenvalue weighted by Crippen LogP contribution is 2.25. The van der Waals surface area contributed by atoms with Crippen molar-refractivity contribution in [3.8, 4) is 11.3 Å². The van der Waals surface area contributed by atoms with Gasteiger partial charge in [-0.3, -0.25) is 0 Å². The minimum Gasteiger partial charge on any atom is -0.306 e. The van der Waals surface area contributed by atoms with E-state index >= 15 is 0 Å². The number of benzene rings is 1. The molecule has 90 valence electrons. The van der Waals surface area contributed by atoms with Crippen LogP contribution in [0.4, 0.5) is 4.39 Å². The smallest absolute Gasteiger partial charge is 0.141 e. The number of nitrogens with zero attached hydrogens (tertiary/aromatic N) is 2. The maximum atomic E-state index is 13.1. The SMILES string of the molecule is Cc1cccn2cc(-c3ccc(F)c(Cl)c3)nc12. The van der Waals surface area contributed by atoms with Crippen molar-refractivity contribution in [1.29, 1.82) is 0 Å². The summed E-state index contributed by atoms with van der Waals surface area (Å²) in [5, 5.41) is 0.112. The Morgan fingerprint density at radius 3 is 2.83 bits per heavy atom. The van der Waals surface area contributed by atoms with Crippen molar-refractivity contribution < 1.29 is 4.39 Å². The molecule has 0 radical (unpaired) electrons. The van der Waals surface area contributed by atoms with Crippen molar-refractivity contribution in [3.63, 3.8) is 0 Å². The van der Waals surface area contributed by atoms with Crippen LogP contribution in [0.1, 0.15) is 5.56 Å². The summed E-state index contributed by atoms with van der Waals surface area (Å²) in [6.45, 7) is 2.00. The van der Waals surface area contributed by atoms with E-state index in [4.69, 9.17) is 11.6 Å². The van der Waals surface area contributed by atoms with E-state index in [1.165, 1.54) is 6.07 Å². The first-order valence-corrected chi connectivity index (χ1v) is 5.93. The molecule has 2 aromatic heterocycles. The summed E-state index contributed by atoms with van der Waals surface area (Å²) in [6, 6.07) is 8.59. The topological polar surface area (TPSA) is 17.3 Å². The fourth-order valence-corrected chi connectivity index (χ4v) is 2.13. The zero-order valence-corrected chi connectivity index (χ0v) is 10.4. The van der Waals surface area contributed by atoms with Gasteiger partial charge in [-0.25, -0.2) is 9.37 Å². The molecule has 0 atom stereocenters. The van der Waals surface area contributed by atoms with E-state index in [-0.39, 0.29) is 5.02 Å². The van der Waals surface area contributed by atoms with E-state index in [1.807, 2.05) is 35.9 Å². The van der Waals surface area contributed by atoms with E-state index in [9.17, 15) is 4.39 Å². The number of aromatic nitrogens is 2. The van der Waals surface area contributed by atoms with Crippen molar-refractivity contribution in [3.05, 3.63) is 59.1 Å². The lowest BCUT2D eigenvalue weighted by Gasteiger charge is -1.98. The number of hydrogen-bond donors (Lipinski definition) is 0. The van der Waals surface area contributed by atoms with E-state index in [0.717, 1.165) is 22.5 Å². The molecule has 0 N–H and O–H groups in total. The van der Waals surface area contributed by atoms with Gasteiger partial charge in [-0.15, -0.1) is 0 Å². The molecular formula is C14H10ClFN2. The Labute approximate surface area is 109 Å². The van der Waals surface area contributed by atoms with E-state index < -0.39 is 5.82 Å². The van der Waals surface area contributed by atoms with E-state index in [0.29, 0.717) is 0 Å². The van der Waals surface area contributed by atoms with Crippen LogP contribution in [-0.2, 0) is 0 Å². The number of imidazole rings is 1. The summed E-state index contributed by atoms with van der Waals surface area (Å²) in [5.74, 6) is -0.416. The molecule has 0 saturated heterocycles. The fraction of sp³-hybridized carbons (Fsp3) is 0.0714. The van der Waals surface area contributed by atoms with Gasteiger partial charge in [0, 0.05) is 18.0 Å². The van der Waals surface area contributed by atoms with Gasteiger partial charge in [0.15, 0.2) is 0 Å². The highest BCUT2D eigenvalue weighted by molar-refractivity contribution is 6.31. The molecule has 4 heteroatoms. The van der Waals surface area contributed by atoms with Crippen molar-refractivity contribution in [1.82, 2.24) is 9.38 Å². The highest BCUT2D eigenvalue weighted by atomic mass is 35.5. The zero-order valence-electron chi connectivity index (χ0n) is 9.69. The number of rotatable bonds is 1. The Morgan fingerprint density at radius 2 is 2.11 bits per heavy atom. The molecule has 3 aromatic rings. The van der Waals surface area contributed by atoms with Gasteiger partial charge in [-0.05, 0) is 36.8 Å². The standard InChI is InChI=1S/C14H10ClFN2/c1-9-3-2-6-18-8-13(17-14(9)18)10-4-5-12(16)11(15)7-10/h2-8H,1H3. The lowest BCUT2D eigenvalue weighted by atomic mass is 10.2. The van der Waals surface area contributed by atoms with Gasteiger partial charge in [0.25, 0.3) is 0 Å². The molecule has 0 aliphatic heterocycles. The molecule has 0 amide bonds. The van der Waals surface area contributed by atoms with Crippen molar-refractivity contribution >= 4 is 17.2 Å². The van der Waals surface area contributed by atoms with Gasteiger partial charge >= 0.3 is 0 Å². The molecule has 0 fully saturated rings. The molecule has 2 heterocycles. The number of hydrogen-bond acceptors (Lipinski definition) is 1. The third-order valence-corrected chi connectivity index (χ3v) is 3.18. The molecule has 1 aromatic carbocycles. The van der Waals surface area contributed by atoms with Crippen molar-refractivity contribution in [2.24, 2.45) is 0 Å². The first kappa shape index (κ1) is 11.2. The zero-order chi connectivity index (χ0) is 12.7. The lowest BCUT2D eigenvalue weighted by molar-refractivity contribution is 0.628. The Morgan fingerprint density at radius 1 is 1.28 bits per heavy atom. The quantitative estimate of drug-likeness (QED) is 0.644. The minimum atomic E-state index is -0.416. The molecule has 0 saturated carbocycles. The van der Waals surface area contributed by atoms with E-state index in [1.54, 1.807) is 12.1 Å². The average molecular weight is 261 g/mol. The molecule has 3 rings (SSSR count). The molecule has 0 bridgehead atoms. The predicted octanol–water partition coefficient (Wildman–Crippen LogP) is 4.10. The summed E-state index contributed by atoms with van der Waals surface area (Å²) in [6.07, 6.45) is 3.84. The van der Waals surface area contributed by atoms with Crippen LogP contribution < -0.4 is 0 Å². The number of pyridine rings is 1. The lowest BCUT2D eigenvalue weighted by Crippen LogP contribution is -1.84. The van der Waals surface area contributed by atoms with Crippen LogP contribution in [0.5, 0.6) is 0 Å². The van der Waals surface area contributed by atoms with Crippen LogP contribution in [0.15, 0.2) is 42.7 Å². The Hall–Kier alpha value is -1.87. The summed E-state index contributed by atoms with van der Waals surface area (Å²) >= 11 is 5.78. The molecule has 18 heavy (non-hydrogen) atoms. The summed E-state index contributed by atoms with van der Waals surface area (Å²) in [5.41, 5.74) is 3.58. The van der Waals surface area contributed by atoms with Crippen LogP contribution in [0.3, 0.4) is 0 Å². The molecule has 2 nitrogen and oxygen atoms in total. The summed E-state index contributed by atoms with van der Waals surface area (Å²) in [7, 11) is 0. The second-order valence-corrected chi connectivity index (χ2v) is 4.58. The largest absolute Gasteiger partial charge is 0.306 e. The average Bonchev–Trinajstić information content (AvgIpc) is 2.78. The minimum absolute atomic E-state index is 0.112. The van der Waals surface area contributed by atoms with Crippen LogP contribution in [0.25, 0.3) is 16.9 Å². The fourth-order valence-electron chi connectivity index (χ4n) is 1.95. The predicted molar refractivity (Wildman–Crippen MR) is 70.3 cm³/mol. The summed E-state index contributed by atoms with van der Waals surface area (Å²) in [4.78, 5) is 4.54. The van der Waals surface area contributed by atoms with Gasteiger partial charge in [-0.1, -0.05) is 17.7 Å².